The second-order valence-electron chi connectivity index (χ2n) is 5.50. The highest BCUT2D eigenvalue weighted by Crippen LogP contribution is 2.31. The molecule has 120 valence electrons. The summed E-state index contributed by atoms with van der Waals surface area (Å²) in [5.41, 5.74) is 0.681. The number of nitrogens with zero attached hydrogens (tertiary/aromatic N) is 1. The van der Waals surface area contributed by atoms with Crippen molar-refractivity contribution >= 4 is 40.7 Å². The van der Waals surface area contributed by atoms with Crippen LogP contribution in [0.5, 0.6) is 0 Å². The van der Waals surface area contributed by atoms with Crippen LogP contribution in [-0.4, -0.2) is 24.9 Å². The van der Waals surface area contributed by atoms with Gasteiger partial charge in [0.05, 0.1) is 16.0 Å². The van der Waals surface area contributed by atoms with E-state index in [2.05, 4.69) is 12.2 Å². The number of amides is 2. The largest absolute Gasteiger partial charge is 0.356 e. The van der Waals surface area contributed by atoms with E-state index < -0.39 is 0 Å². The molecule has 1 aliphatic heterocycles. The first kappa shape index (κ1) is 17.1. The van der Waals surface area contributed by atoms with Crippen LogP contribution < -0.4 is 10.2 Å². The van der Waals surface area contributed by atoms with Crippen molar-refractivity contribution in [1.29, 1.82) is 0 Å². The average molecular weight is 343 g/mol. The van der Waals surface area contributed by atoms with Crippen molar-refractivity contribution in [2.45, 2.75) is 32.6 Å². The topological polar surface area (TPSA) is 49.4 Å². The van der Waals surface area contributed by atoms with E-state index in [1.165, 1.54) is 0 Å². The number of unbranched alkanes of at least 4 members (excludes halogenated alkanes) is 2. The van der Waals surface area contributed by atoms with E-state index in [0.717, 1.165) is 19.3 Å². The highest BCUT2D eigenvalue weighted by Gasteiger charge is 2.35. The summed E-state index contributed by atoms with van der Waals surface area (Å²) >= 11 is 11.9. The highest BCUT2D eigenvalue weighted by molar-refractivity contribution is 6.42. The Kier molecular flexibility index (Phi) is 6.09. The van der Waals surface area contributed by atoms with E-state index in [-0.39, 0.29) is 24.2 Å². The van der Waals surface area contributed by atoms with Gasteiger partial charge in [-0.15, -0.1) is 0 Å². The normalized spacial score (nSPS) is 17.9. The molecular formula is C16H20Cl2N2O2. The predicted molar refractivity (Wildman–Crippen MR) is 89.5 cm³/mol. The van der Waals surface area contributed by atoms with Gasteiger partial charge in [0, 0.05) is 25.2 Å². The molecule has 1 saturated heterocycles. The molecule has 2 amide bonds. The number of hydrogen-bond donors (Lipinski definition) is 1. The van der Waals surface area contributed by atoms with Crippen LogP contribution in [0.1, 0.15) is 32.6 Å². The highest BCUT2D eigenvalue weighted by atomic mass is 35.5. The molecule has 1 heterocycles. The molecule has 1 aromatic rings. The molecule has 1 unspecified atom stereocenters. The second-order valence-corrected chi connectivity index (χ2v) is 6.32. The van der Waals surface area contributed by atoms with E-state index in [9.17, 15) is 9.59 Å². The molecule has 0 spiro atoms. The Morgan fingerprint density at radius 2 is 2.09 bits per heavy atom. The van der Waals surface area contributed by atoms with Crippen LogP contribution in [0.3, 0.4) is 0 Å². The Morgan fingerprint density at radius 3 is 2.77 bits per heavy atom. The van der Waals surface area contributed by atoms with Crippen molar-refractivity contribution < 1.29 is 9.59 Å². The van der Waals surface area contributed by atoms with E-state index in [0.29, 0.717) is 28.8 Å². The van der Waals surface area contributed by atoms with Gasteiger partial charge in [-0.05, 0) is 24.6 Å². The second kappa shape index (κ2) is 7.84. The van der Waals surface area contributed by atoms with E-state index >= 15 is 0 Å². The lowest BCUT2D eigenvalue weighted by Crippen LogP contribution is -2.33. The Balaban J connectivity index is 1.95. The Hall–Kier alpha value is -1.26. The Morgan fingerprint density at radius 1 is 1.32 bits per heavy atom. The molecule has 22 heavy (non-hydrogen) atoms. The van der Waals surface area contributed by atoms with Crippen molar-refractivity contribution in [3.63, 3.8) is 0 Å². The molecule has 2 rings (SSSR count). The van der Waals surface area contributed by atoms with Crippen LogP contribution in [0.2, 0.25) is 10.0 Å². The molecule has 0 bridgehead atoms. The van der Waals surface area contributed by atoms with Gasteiger partial charge in [-0.1, -0.05) is 43.0 Å². The van der Waals surface area contributed by atoms with Gasteiger partial charge in [0.2, 0.25) is 11.8 Å². The van der Waals surface area contributed by atoms with Crippen LogP contribution in [0.25, 0.3) is 0 Å². The fraction of sp³-hybridized carbons (Fsp3) is 0.500. The van der Waals surface area contributed by atoms with Crippen molar-refractivity contribution in [3.05, 3.63) is 28.2 Å². The standard InChI is InChI=1S/C16H20Cl2N2O2/c1-2-3-4-7-19-16(22)11-8-15(21)20(10-11)12-5-6-13(17)14(18)9-12/h5-6,9,11H,2-4,7-8,10H2,1H3,(H,19,22). The minimum atomic E-state index is -0.302. The van der Waals surface area contributed by atoms with Gasteiger partial charge in [-0.25, -0.2) is 0 Å². The summed E-state index contributed by atoms with van der Waals surface area (Å²) < 4.78 is 0. The number of carbonyl (C=O) groups is 2. The monoisotopic (exact) mass is 342 g/mol. The third-order valence-corrected chi connectivity index (χ3v) is 4.53. The smallest absolute Gasteiger partial charge is 0.227 e. The summed E-state index contributed by atoms with van der Waals surface area (Å²) in [5.74, 6) is -0.414. The summed E-state index contributed by atoms with van der Waals surface area (Å²) in [5, 5.41) is 3.76. The van der Waals surface area contributed by atoms with Crippen molar-refractivity contribution in [2.75, 3.05) is 18.0 Å². The maximum absolute atomic E-state index is 12.1. The van der Waals surface area contributed by atoms with Crippen LogP contribution in [0.4, 0.5) is 5.69 Å². The van der Waals surface area contributed by atoms with Crippen LogP contribution in [-0.2, 0) is 9.59 Å². The van der Waals surface area contributed by atoms with Gasteiger partial charge in [0.25, 0.3) is 0 Å². The summed E-state index contributed by atoms with van der Waals surface area (Å²) in [6.45, 7) is 3.17. The molecule has 1 atom stereocenters. The third kappa shape index (κ3) is 4.14. The third-order valence-electron chi connectivity index (χ3n) is 3.79. The minimum Gasteiger partial charge on any atom is -0.356 e. The summed E-state index contributed by atoms with van der Waals surface area (Å²) in [6.07, 6.45) is 3.42. The molecule has 0 saturated carbocycles. The van der Waals surface area contributed by atoms with Gasteiger partial charge < -0.3 is 10.2 Å². The summed E-state index contributed by atoms with van der Waals surface area (Å²) in [4.78, 5) is 25.8. The van der Waals surface area contributed by atoms with Crippen LogP contribution in [0, 0.1) is 5.92 Å². The number of benzene rings is 1. The Labute approximate surface area is 140 Å². The van der Waals surface area contributed by atoms with Gasteiger partial charge in [0.1, 0.15) is 0 Å². The zero-order valence-electron chi connectivity index (χ0n) is 12.6. The average Bonchev–Trinajstić information content (AvgIpc) is 2.88. The molecule has 1 N–H and O–H groups in total. The molecular weight excluding hydrogens is 323 g/mol. The zero-order valence-corrected chi connectivity index (χ0v) is 14.1. The van der Waals surface area contributed by atoms with Gasteiger partial charge >= 0.3 is 0 Å². The molecule has 0 aromatic heterocycles. The molecule has 6 heteroatoms. The number of carbonyl (C=O) groups excluding carboxylic acids is 2. The van der Waals surface area contributed by atoms with Gasteiger partial charge in [-0.3, -0.25) is 9.59 Å². The quantitative estimate of drug-likeness (QED) is 0.802. The van der Waals surface area contributed by atoms with Gasteiger partial charge in [0.15, 0.2) is 0 Å². The Bertz CT molecular complexity index is 563. The van der Waals surface area contributed by atoms with Crippen LogP contribution in [0.15, 0.2) is 18.2 Å². The SMILES string of the molecule is CCCCCNC(=O)C1CC(=O)N(c2ccc(Cl)c(Cl)c2)C1. The number of nitrogens with one attached hydrogen (secondary N) is 1. The van der Waals surface area contributed by atoms with E-state index in [4.69, 9.17) is 23.2 Å². The van der Waals surface area contributed by atoms with E-state index in [1.807, 2.05) is 0 Å². The summed E-state index contributed by atoms with van der Waals surface area (Å²) in [7, 11) is 0. The minimum absolute atomic E-state index is 0.0491. The number of anilines is 1. The lowest BCUT2D eigenvalue weighted by atomic mass is 10.1. The first-order chi connectivity index (χ1) is 10.5. The first-order valence-electron chi connectivity index (χ1n) is 7.56. The number of halogens is 2. The van der Waals surface area contributed by atoms with Gasteiger partial charge in [-0.2, -0.15) is 0 Å². The van der Waals surface area contributed by atoms with Crippen molar-refractivity contribution in [1.82, 2.24) is 5.32 Å². The van der Waals surface area contributed by atoms with Crippen molar-refractivity contribution in [3.8, 4) is 0 Å². The molecule has 4 nitrogen and oxygen atoms in total. The van der Waals surface area contributed by atoms with Crippen molar-refractivity contribution in [2.24, 2.45) is 5.92 Å². The predicted octanol–water partition coefficient (Wildman–Crippen LogP) is 3.65. The lowest BCUT2D eigenvalue weighted by Gasteiger charge is -2.17. The molecule has 1 fully saturated rings. The summed E-state index contributed by atoms with van der Waals surface area (Å²) in [6, 6.07) is 5.06. The number of hydrogen-bond acceptors (Lipinski definition) is 2. The number of rotatable bonds is 6. The van der Waals surface area contributed by atoms with E-state index in [1.54, 1.807) is 23.1 Å². The fourth-order valence-corrected chi connectivity index (χ4v) is 2.81. The molecule has 1 aromatic carbocycles. The zero-order chi connectivity index (χ0) is 16.1. The lowest BCUT2D eigenvalue weighted by molar-refractivity contribution is -0.126. The molecule has 1 aliphatic rings. The maximum atomic E-state index is 12.1. The maximum Gasteiger partial charge on any atom is 0.227 e. The van der Waals surface area contributed by atoms with Crippen LogP contribution >= 0.6 is 23.2 Å². The molecule has 0 aliphatic carbocycles. The molecule has 0 radical (unpaired) electrons. The fourth-order valence-electron chi connectivity index (χ4n) is 2.52. The first-order valence-corrected chi connectivity index (χ1v) is 8.31.